The van der Waals surface area contributed by atoms with Gasteiger partial charge in [0.15, 0.2) is 0 Å². The molecule has 1 saturated carbocycles. The van der Waals surface area contributed by atoms with Crippen molar-refractivity contribution in [3.8, 4) is 0 Å². The summed E-state index contributed by atoms with van der Waals surface area (Å²) in [5.41, 5.74) is 0. The van der Waals surface area contributed by atoms with E-state index in [9.17, 15) is 9.59 Å². The van der Waals surface area contributed by atoms with E-state index in [1.807, 2.05) is 0 Å². The molecule has 0 bridgehead atoms. The van der Waals surface area contributed by atoms with Gasteiger partial charge in [0.1, 0.15) is 6.61 Å². The number of rotatable bonds is 5. The zero-order chi connectivity index (χ0) is 13.7. The Hall–Kier alpha value is -1.56. The van der Waals surface area contributed by atoms with Crippen LogP contribution in [0.15, 0.2) is 12.7 Å². The summed E-state index contributed by atoms with van der Waals surface area (Å²) < 4.78 is 15.8. The highest BCUT2D eigenvalue weighted by Gasteiger charge is 2.45. The van der Waals surface area contributed by atoms with E-state index < -0.39 is 12.0 Å². The number of carbonyl (C=O) groups is 2. The third kappa shape index (κ3) is 3.70. The van der Waals surface area contributed by atoms with Gasteiger partial charge in [-0.15, -0.1) is 0 Å². The third-order valence-corrected chi connectivity index (χ3v) is 3.22. The van der Waals surface area contributed by atoms with Gasteiger partial charge in [-0.05, 0) is 12.8 Å². The van der Waals surface area contributed by atoms with Crippen molar-refractivity contribution in [1.29, 1.82) is 0 Å². The summed E-state index contributed by atoms with van der Waals surface area (Å²) in [5, 5.41) is 2.51. The topological polar surface area (TPSA) is 73.9 Å². The standard InChI is InChI=1S/C13H19NO5/c1-2-9-17-12(16)14-13(8-7-11(15)19-13)18-10-5-3-4-6-10/h2,10H,1,3-9H2,(H,14,16). The van der Waals surface area contributed by atoms with Crippen LogP contribution in [0.5, 0.6) is 0 Å². The molecule has 0 aromatic heterocycles. The van der Waals surface area contributed by atoms with Crippen molar-refractivity contribution in [2.75, 3.05) is 6.61 Å². The molecular formula is C13H19NO5. The SMILES string of the molecule is C=CCOC(=O)NC1(OC2CCCC2)CCC(=O)O1. The molecule has 1 atom stereocenters. The van der Waals surface area contributed by atoms with Crippen molar-refractivity contribution in [3.05, 3.63) is 12.7 Å². The molecule has 0 aromatic carbocycles. The number of amides is 1. The highest BCUT2D eigenvalue weighted by molar-refractivity contribution is 5.74. The minimum atomic E-state index is -1.36. The van der Waals surface area contributed by atoms with Crippen molar-refractivity contribution in [3.63, 3.8) is 0 Å². The van der Waals surface area contributed by atoms with Gasteiger partial charge in [0.05, 0.1) is 12.5 Å². The summed E-state index contributed by atoms with van der Waals surface area (Å²) in [6.07, 6.45) is 5.37. The predicted molar refractivity (Wildman–Crippen MR) is 66.1 cm³/mol. The molecule has 0 aromatic rings. The molecule has 2 rings (SSSR count). The Morgan fingerprint density at radius 2 is 2.26 bits per heavy atom. The fourth-order valence-electron chi connectivity index (χ4n) is 2.35. The molecule has 1 heterocycles. The van der Waals surface area contributed by atoms with Crippen LogP contribution in [0.2, 0.25) is 0 Å². The van der Waals surface area contributed by atoms with Crippen LogP contribution in [0.4, 0.5) is 4.79 Å². The number of carbonyl (C=O) groups excluding carboxylic acids is 2. The van der Waals surface area contributed by atoms with E-state index in [1.165, 1.54) is 6.08 Å². The summed E-state index contributed by atoms with van der Waals surface area (Å²) in [5.74, 6) is -1.73. The number of hydrogen-bond donors (Lipinski definition) is 1. The maximum absolute atomic E-state index is 11.6. The first kappa shape index (κ1) is 13.9. The first-order valence-electron chi connectivity index (χ1n) is 6.59. The molecule has 0 spiro atoms. The second-order valence-electron chi connectivity index (χ2n) is 4.76. The maximum atomic E-state index is 11.6. The van der Waals surface area contributed by atoms with Gasteiger partial charge in [0.2, 0.25) is 0 Å². The molecular weight excluding hydrogens is 250 g/mol. The van der Waals surface area contributed by atoms with Crippen molar-refractivity contribution >= 4 is 12.1 Å². The van der Waals surface area contributed by atoms with Gasteiger partial charge in [-0.1, -0.05) is 25.5 Å². The number of alkyl carbamates (subject to hydrolysis) is 1. The van der Waals surface area contributed by atoms with Crippen LogP contribution in [0.3, 0.4) is 0 Å². The molecule has 1 saturated heterocycles. The first-order chi connectivity index (χ1) is 9.13. The predicted octanol–water partition coefficient (Wildman–Crippen LogP) is 1.85. The third-order valence-electron chi connectivity index (χ3n) is 3.22. The Balaban J connectivity index is 1.95. The van der Waals surface area contributed by atoms with Gasteiger partial charge in [-0.25, -0.2) is 4.79 Å². The zero-order valence-corrected chi connectivity index (χ0v) is 10.9. The van der Waals surface area contributed by atoms with Crippen LogP contribution in [0.25, 0.3) is 0 Å². The molecule has 1 N–H and O–H groups in total. The van der Waals surface area contributed by atoms with E-state index in [0.29, 0.717) is 6.42 Å². The van der Waals surface area contributed by atoms with E-state index in [1.54, 1.807) is 0 Å². The van der Waals surface area contributed by atoms with E-state index in [-0.39, 0.29) is 25.1 Å². The lowest BCUT2D eigenvalue weighted by molar-refractivity contribution is -0.241. The van der Waals surface area contributed by atoms with Crippen LogP contribution in [0.1, 0.15) is 38.5 Å². The summed E-state index contributed by atoms with van der Waals surface area (Å²) >= 11 is 0. The van der Waals surface area contributed by atoms with E-state index >= 15 is 0 Å². The molecule has 106 valence electrons. The Morgan fingerprint density at radius 3 is 2.84 bits per heavy atom. The lowest BCUT2D eigenvalue weighted by Crippen LogP contribution is -2.52. The molecule has 1 unspecified atom stereocenters. The Kier molecular flexibility index (Phi) is 4.42. The van der Waals surface area contributed by atoms with E-state index in [0.717, 1.165) is 25.7 Å². The minimum absolute atomic E-state index is 0.0191. The largest absolute Gasteiger partial charge is 0.445 e. The highest BCUT2D eigenvalue weighted by Crippen LogP contribution is 2.32. The number of nitrogens with one attached hydrogen (secondary N) is 1. The Labute approximate surface area is 112 Å². The average Bonchev–Trinajstić information content (AvgIpc) is 2.98. The first-order valence-corrected chi connectivity index (χ1v) is 6.59. The van der Waals surface area contributed by atoms with Crippen LogP contribution in [-0.2, 0) is 19.0 Å². The van der Waals surface area contributed by atoms with Gasteiger partial charge in [-0.2, -0.15) is 0 Å². The summed E-state index contributed by atoms with van der Waals surface area (Å²) in [6, 6.07) is 0. The minimum Gasteiger partial charge on any atom is -0.445 e. The summed E-state index contributed by atoms with van der Waals surface area (Å²) in [6.45, 7) is 3.55. The van der Waals surface area contributed by atoms with Gasteiger partial charge < -0.3 is 14.2 Å². The fourth-order valence-corrected chi connectivity index (χ4v) is 2.35. The van der Waals surface area contributed by atoms with E-state index in [4.69, 9.17) is 14.2 Å². The molecule has 6 heteroatoms. The number of hydrogen-bond acceptors (Lipinski definition) is 5. The Morgan fingerprint density at radius 1 is 1.53 bits per heavy atom. The molecule has 2 fully saturated rings. The van der Waals surface area contributed by atoms with Gasteiger partial charge in [0, 0.05) is 6.42 Å². The maximum Gasteiger partial charge on any atom is 0.412 e. The smallest absolute Gasteiger partial charge is 0.412 e. The normalized spacial score (nSPS) is 27.1. The fraction of sp³-hybridized carbons (Fsp3) is 0.692. The van der Waals surface area contributed by atoms with Gasteiger partial charge >= 0.3 is 18.0 Å². The summed E-state index contributed by atoms with van der Waals surface area (Å²) in [7, 11) is 0. The molecule has 6 nitrogen and oxygen atoms in total. The van der Waals surface area contributed by atoms with Crippen molar-refractivity contribution < 1.29 is 23.8 Å². The number of esters is 1. The van der Waals surface area contributed by atoms with Gasteiger partial charge in [-0.3, -0.25) is 10.1 Å². The lowest BCUT2D eigenvalue weighted by atomic mass is 10.2. The molecule has 0 radical (unpaired) electrons. The average molecular weight is 269 g/mol. The van der Waals surface area contributed by atoms with Gasteiger partial charge in [0.25, 0.3) is 0 Å². The molecule has 1 aliphatic carbocycles. The number of ether oxygens (including phenoxy) is 3. The van der Waals surface area contributed by atoms with E-state index in [2.05, 4.69) is 11.9 Å². The molecule has 2 aliphatic rings. The quantitative estimate of drug-likeness (QED) is 0.468. The Bertz CT molecular complexity index is 364. The monoisotopic (exact) mass is 269 g/mol. The van der Waals surface area contributed by atoms with Crippen molar-refractivity contribution in [2.45, 2.75) is 50.5 Å². The molecule has 1 amide bonds. The highest BCUT2D eigenvalue weighted by atomic mass is 16.7. The second-order valence-corrected chi connectivity index (χ2v) is 4.76. The van der Waals surface area contributed by atoms with Crippen LogP contribution in [-0.4, -0.2) is 30.7 Å². The van der Waals surface area contributed by atoms with Crippen molar-refractivity contribution in [1.82, 2.24) is 5.32 Å². The zero-order valence-electron chi connectivity index (χ0n) is 10.9. The molecule has 1 aliphatic heterocycles. The van der Waals surface area contributed by atoms with Crippen LogP contribution >= 0.6 is 0 Å². The number of cyclic esters (lactones) is 1. The lowest BCUT2D eigenvalue weighted by Gasteiger charge is -2.30. The van der Waals surface area contributed by atoms with Crippen molar-refractivity contribution in [2.24, 2.45) is 0 Å². The summed E-state index contributed by atoms with van der Waals surface area (Å²) in [4.78, 5) is 22.9. The second kappa shape index (κ2) is 6.06. The van der Waals surface area contributed by atoms with Crippen LogP contribution in [0, 0.1) is 0 Å². The molecule has 19 heavy (non-hydrogen) atoms. The van der Waals surface area contributed by atoms with Crippen LogP contribution < -0.4 is 5.32 Å².